The minimum atomic E-state index is -0.180. The van der Waals surface area contributed by atoms with E-state index in [1.54, 1.807) is 13.2 Å². The van der Waals surface area contributed by atoms with Crippen LogP contribution in [0.5, 0.6) is 5.75 Å². The van der Waals surface area contributed by atoms with Gasteiger partial charge in [0.15, 0.2) is 0 Å². The lowest BCUT2D eigenvalue weighted by molar-refractivity contribution is 0.0932. The van der Waals surface area contributed by atoms with Crippen LogP contribution in [0.3, 0.4) is 0 Å². The standard InChI is InChI=1S/C16H15Cl2NO2S/c1-21-11-6-4-10(5-7-11)14(9-2-3-9)19-16(20)12-8-13(17)22-15(12)18/h4-9,14H,2-3H2,1H3,(H,19,20). The molecule has 1 saturated carbocycles. The Balaban J connectivity index is 1.79. The summed E-state index contributed by atoms with van der Waals surface area (Å²) in [6, 6.07) is 9.40. The maximum absolute atomic E-state index is 12.4. The molecule has 22 heavy (non-hydrogen) atoms. The van der Waals surface area contributed by atoms with Crippen molar-refractivity contribution in [3.8, 4) is 5.75 Å². The molecule has 0 spiro atoms. The SMILES string of the molecule is COc1ccc(C(NC(=O)c2cc(Cl)sc2Cl)C2CC2)cc1. The van der Waals surface area contributed by atoms with Crippen LogP contribution in [0, 0.1) is 5.92 Å². The molecule has 3 nitrogen and oxygen atoms in total. The molecule has 0 saturated heterocycles. The Morgan fingerprint density at radius 2 is 2.00 bits per heavy atom. The number of halogens is 2. The van der Waals surface area contributed by atoms with Crippen LogP contribution in [-0.2, 0) is 0 Å². The number of nitrogens with one attached hydrogen (secondary N) is 1. The lowest BCUT2D eigenvalue weighted by Crippen LogP contribution is -2.29. The first-order valence-electron chi connectivity index (χ1n) is 6.98. The van der Waals surface area contributed by atoms with Crippen LogP contribution in [-0.4, -0.2) is 13.0 Å². The highest BCUT2D eigenvalue weighted by molar-refractivity contribution is 7.20. The minimum absolute atomic E-state index is 0.00634. The number of hydrogen-bond donors (Lipinski definition) is 1. The van der Waals surface area contributed by atoms with E-state index < -0.39 is 0 Å². The molecule has 1 fully saturated rings. The van der Waals surface area contributed by atoms with Gasteiger partial charge in [-0.25, -0.2) is 0 Å². The van der Waals surface area contributed by atoms with Gasteiger partial charge in [-0.3, -0.25) is 4.79 Å². The average Bonchev–Trinajstić information content (AvgIpc) is 3.29. The largest absolute Gasteiger partial charge is 0.497 e. The van der Waals surface area contributed by atoms with E-state index in [2.05, 4.69) is 5.32 Å². The summed E-state index contributed by atoms with van der Waals surface area (Å²) in [7, 11) is 1.64. The monoisotopic (exact) mass is 355 g/mol. The smallest absolute Gasteiger partial charge is 0.254 e. The summed E-state index contributed by atoms with van der Waals surface area (Å²) >= 11 is 13.2. The van der Waals surface area contributed by atoms with Gasteiger partial charge in [0.1, 0.15) is 10.1 Å². The molecule has 2 aromatic rings. The second-order valence-corrected chi connectivity index (χ2v) is 7.59. The number of rotatable bonds is 5. The Morgan fingerprint density at radius 1 is 1.32 bits per heavy atom. The van der Waals surface area contributed by atoms with Gasteiger partial charge < -0.3 is 10.1 Å². The number of carbonyl (C=O) groups excluding carboxylic acids is 1. The van der Waals surface area contributed by atoms with Crippen LogP contribution in [0.2, 0.25) is 8.67 Å². The van der Waals surface area contributed by atoms with E-state index >= 15 is 0 Å². The van der Waals surface area contributed by atoms with Gasteiger partial charge >= 0.3 is 0 Å². The van der Waals surface area contributed by atoms with E-state index in [9.17, 15) is 4.79 Å². The topological polar surface area (TPSA) is 38.3 Å². The first kappa shape index (κ1) is 15.7. The Bertz CT molecular complexity index is 680. The molecule has 1 aliphatic carbocycles. The number of ether oxygens (including phenoxy) is 1. The van der Waals surface area contributed by atoms with E-state index in [1.807, 2.05) is 24.3 Å². The van der Waals surface area contributed by atoms with Crippen LogP contribution in [0.4, 0.5) is 0 Å². The summed E-state index contributed by atoms with van der Waals surface area (Å²) < 4.78 is 6.12. The molecule has 116 valence electrons. The molecule has 1 aromatic heterocycles. The predicted molar refractivity (Wildman–Crippen MR) is 90.3 cm³/mol. The maximum atomic E-state index is 12.4. The zero-order valence-electron chi connectivity index (χ0n) is 11.9. The van der Waals surface area contributed by atoms with Crippen molar-refractivity contribution in [2.24, 2.45) is 5.92 Å². The molecule has 1 N–H and O–H groups in total. The summed E-state index contributed by atoms with van der Waals surface area (Å²) in [5.74, 6) is 1.10. The fourth-order valence-corrected chi connectivity index (χ4v) is 3.89. The lowest BCUT2D eigenvalue weighted by Gasteiger charge is -2.19. The van der Waals surface area contributed by atoms with Crippen molar-refractivity contribution >= 4 is 40.4 Å². The fraction of sp³-hybridized carbons (Fsp3) is 0.312. The van der Waals surface area contributed by atoms with E-state index in [-0.39, 0.29) is 11.9 Å². The van der Waals surface area contributed by atoms with Crippen LogP contribution >= 0.6 is 34.5 Å². The third-order valence-electron chi connectivity index (χ3n) is 3.76. The number of amides is 1. The van der Waals surface area contributed by atoms with Gasteiger partial charge in [-0.2, -0.15) is 0 Å². The number of methoxy groups -OCH3 is 1. The van der Waals surface area contributed by atoms with Crippen molar-refractivity contribution in [3.63, 3.8) is 0 Å². The van der Waals surface area contributed by atoms with E-state index in [4.69, 9.17) is 27.9 Å². The van der Waals surface area contributed by atoms with Gasteiger partial charge in [0.25, 0.3) is 5.91 Å². The minimum Gasteiger partial charge on any atom is -0.497 e. The zero-order valence-corrected chi connectivity index (χ0v) is 14.3. The van der Waals surface area contributed by atoms with Gasteiger partial charge in [0.05, 0.1) is 23.1 Å². The number of thiophene rings is 1. The van der Waals surface area contributed by atoms with Crippen LogP contribution in [0.25, 0.3) is 0 Å². The van der Waals surface area contributed by atoms with E-state index in [0.29, 0.717) is 20.2 Å². The quantitative estimate of drug-likeness (QED) is 0.824. The van der Waals surface area contributed by atoms with Crippen molar-refractivity contribution in [3.05, 3.63) is 50.1 Å². The highest BCUT2D eigenvalue weighted by Crippen LogP contribution is 2.42. The molecule has 1 atom stereocenters. The zero-order chi connectivity index (χ0) is 15.7. The first-order valence-corrected chi connectivity index (χ1v) is 8.55. The highest BCUT2D eigenvalue weighted by atomic mass is 35.5. The summed E-state index contributed by atoms with van der Waals surface area (Å²) in [5.41, 5.74) is 1.52. The number of benzene rings is 1. The molecule has 6 heteroatoms. The van der Waals surface area contributed by atoms with Gasteiger partial charge in [-0.15, -0.1) is 11.3 Å². The summed E-state index contributed by atoms with van der Waals surface area (Å²) in [6.45, 7) is 0. The Hall–Kier alpha value is -1.23. The molecular weight excluding hydrogens is 341 g/mol. The second kappa shape index (κ2) is 6.49. The van der Waals surface area contributed by atoms with Crippen molar-refractivity contribution in [2.75, 3.05) is 7.11 Å². The third-order valence-corrected chi connectivity index (χ3v) is 5.24. The summed E-state index contributed by atoms with van der Waals surface area (Å²) in [5, 5.41) is 3.09. The second-order valence-electron chi connectivity index (χ2n) is 5.30. The summed E-state index contributed by atoms with van der Waals surface area (Å²) in [6.07, 6.45) is 2.24. The van der Waals surface area contributed by atoms with Gasteiger partial charge in [-0.1, -0.05) is 35.3 Å². The van der Waals surface area contributed by atoms with Crippen LogP contribution < -0.4 is 10.1 Å². The van der Waals surface area contributed by atoms with Crippen molar-refractivity contribution in [1.82, 2.24) is 5.32 Å². The van der Waals surface area contributed by atoms with E-state index in [0.717, 1.165) is 24.2 Å². The van der Waals surface area contributed by atoms with E-state index in [1.165, 1.54) is 11.3 Å². The van der Waals surface area contributed by atoms with Crippen LogP contribution in [0.15, 0.2) is 30.3 Å². The van der Waals surface area contributed by atoms with Crippen molar-refractivity contribution in [1.29, 1.82) is 0 Å². The molecule has 1 aromatic carbocycles. The van der Waals surface area contributed by atoms with Crippen LogP contribution in [0.1, 0.15) is 34.8 Å². The molecule has 0 bridgehead atoms. The third kappa shape index (κ3) is 3.40. The molecule has 0 aliphatic heterocycles. The van der Waals surface area contributed by atoms with Crippen molar-refractivity contribution < 1.29 is 9.53 Å². The maximum Gasteiger partial charge on any atom is 0.254 e. The summed E-state index contributed by atoms with van der Waals surface area (Å²) in [4.78, 5) is 12.4. The van der Waals surface area contributed by atoms with Gasteiger partial charge in [0, 0.05) is 0 Å². The first-order chi connectivity index (χ1) is 10.6. The highest BCUT2D eigenvalue weighted by Gasteiger charge is 2.34. The predicted octanol–water partition coefficient (Wildman–Crippen LogP) is 4.94. The Labute approximate surface area is 143 Å². The average molecular weight is 356 g/mol. The Kier molecular flexibility index (Phi) is 4.62. The molecule has 1 aliphatic rings. The molecule has 1 amide bonds. The lowest BCUT2D eigenvalue weighted by atomic mass is 10.0. The normalized spacial score (nSPS) is 15.4. The molecule has 3 rings (SSSR count). The molecule has 0 radical (unpaired) electrons. The number of hydrogen-bond acceptors (Lipinski definition) is 3. The van der Waals surface area contributed by atoms with Crippen molar-refractivity contribution in [2.45, 2.75) is 18.9 Å². The Morgan fingerprint density at radius 3 is 2.50 bits per heavy atom. The molecule has 1 heterocycles. The fourth-order valence-electron chi connectivity index (χ4n) is 2.43. The van der Waals surface area contributed by atoms with Gasteiger partial charge in [0.2, 0.25) is 0 Å². The van der Waals surface area contributed by atoms with Gasteiger partial charge in [-0.05, 0) is 42.5 Å². The molecule has 1 unspecified atom stereocenters. The molecular formula is C16H15Cl2NO2S. The number of carbonyl (C=O) groups is 1.